The van der Waals surface area contributed by atoms with Crippen LogP contribution in [0.15, 0.2) is 38.7 Å². The molecule has 0 saturated carbocycles. The third-order valence-corrected chi connectivity index (χ3v) is 7.37. The Morgan fingerprint density at radius 2 is 2.20 bits per heavy atom. The summed E-state index contributed by atoms with van der Waals surface area (Å²) in [5.74, 6) is -0.525. The van der Waals surface area contributed by atoms with Crippen molar-refractivity contribution in [1.29, 1.82) is 0 Å². The normalized spacial score (nSPS) is 20.3. The van der Waals surface area contributed by atoms with E-state index >= 15 is 0 Å². The molecule has 25 heavy (non-hydrogen) atoms. The van der Waals surface area contributed by atoms with Gasteiger partial charge in [0, 0.05) is 22.2 Å². The predicted molar refractivity (Wildman–Crippen MR) is 97.3 cm³/mol. The molecule has 0 amide bonds. The van der Waals surface area contributed by atoms with E-state index in [1.165, 1.54) is 7.05 Å². The summed E-state index contributed by atoms with van der Waals surface area (Å²) in [6, 6.07) is 5.31. The minimum Gasteiger partial charge on any atom is -0.476 e. The molecule has 1 aromatic heterocycles. The quantitative estimate of drug-likeness (QED) is 0.749. The molecule has 0 fully saturated rings. The second kappa shape index (κ2) is 6.75. The van der Waals surface area contributed by atoms with E-state index in [1.54, 1.807) is 11.8 Å². The van der Waals surface area contributed by atoms with Gasteiger partial charge in [-0.1, -0.05) is 22.9 Å². The number of sulfonamides is 1. The van der Waals surface area contributed by atoms with Crippen LogP contribution in [0.4, 0.5) is 0 Å². The smallest absolute Gasteiger partial charge is 0.355 e. The fourth-order valence-electron chi connectivity index (χ4n) is 2.79. The molecule has 1 aliphatic heterocycles. The number of hydrogen-bond acceptors (Lipinski definition) is 5. The lowest BCUT2D eigenvalue weighted by atomic mass is 9.96. The molecular weight excluding hydrogens is 430 g/mol. The van der Waals surface area contributed by atoms with E-state index in [2.05, 4.69) is 25.8 Å². The van der Waals surface area contributed by atoms with Gasteiger partial charge in [0.05, 0.1) is 12.2 Å². The molecule has 0 aliphatic carbocycles. The summed E-state index contributed by atoms with van der Waals surface area (Å²) in [5, 5.41) is 13.1. The minimum absolute atomic E-state index is 0.0477. The molecule has 2 atom stereocenters. The van der Waals surface area contributed by atoms with E-state index in [0.717, 1.165) is 31.6 Å². The Bertz CT molecular complexity index is 942. The number of carboxylic acid groups (broad SMARTS) is 1. The molecule has 2 aromatic rings. The molecule has 0 spiro atoms. The maximum absolute atomic E-state index is 12.8. The summed E-state index contributed by atoms with van der Waals surface area (Å²) in [7, 11) is -2.64. The van der Waals surface area contributed by atoms with Crippen LogP contribution >= 0.6 is 27.7 Å². The van der Waals surface area contributed by atoms with Gasteiger partial charge in [-0.05, 0) is 29.7 Å². The van der Waals surface area contributed by atoms with Crippen LogP contribution in [-0.4, -0.2) is 35.0 Å². The first-order chi connectivity index (χ1) is 11.7. The van der Waals surface area contributed by atoms with Crippen LogP contribution < -0.4 is 4.72 Å². The Morgan fingerprint density at radius 3 is 2.88 bits per heavy atom. The van der Waals surface area contributed by atoms with Crippen LogP contribution in [0.5, 0.6) is 0 Å². The van der Waals surface area contributed by atoms with Crippen LogP contribution in [0, 0.1) is 5.92 Å². The molecule has 2 N–H and O–H groups in total. The zero-order chi connectivity index (χ0) is 18.4. The van der Waals surface area contributed by atoms with E-state index in [9.17, 15) is 18.3 Å². The van der Waals surface area contributed by atoms with E-state index in [-0.39, 0.29) is 16.5 Å². The molecule has 7 nitrogen and oxygen atoms in total. The Kier molecular flexibility index (Phi) is 4.97. The fraction of sp³-hybridized carbons (Fsp3) is 0.333. The zero-order valence-electron chi connectivity index (χ0n) is 13.4. The highest BCUT2D eigenvalue weighted by Gasteiger charge is 2.34. The fourth-order valence-corrected chi connectivity index (χ4v) is 5.80. The van der Waals surface area contributed by atoms with Crippen LogP contribution in [-0.2, 0) is 17.1 Å². The molecule has 0 bridgehead atoms. The molecule has 0 radical (unpaired) electrons. The molecule has 134 valence electrons. The van der Waals surface area contributed by atoms with Crippen molar-refractivity contribution in [2.75, 3.05) is 5.75 Å². The lowest BCUT2D eigenvalue weighted by Gasteiger charge is -2.31. The molecular formula is C15H16BrN3O4S2. The van der Waals surface area contributed by atoms with Gasteiger partial charge in [0.1, 0.15) is 4.90 Å². The minimum atomic E-state index is -4.04. The number of hydrogen-bond donors (Lipinski definition) is 2. The number of benzene rings is 1. The maximum Gasteiger partial charge on any atom is 0.355 e. The number of rotatable bonds is 4. The first-order valence-electron chi connectivity index (χ1n) is 7.40. The van der Waals surface area contributed by atoms with Gasteiger partial charge in [-0.25, -0.2) is 17.9 Å². The van der Waals surface area contributed by atoms with Crippen molar-refractivity contribution in [2.24, 2.45) is 13.0 Å². The second-order valence-electron chi connectivity index (χ2n) is 5.86. The van der Waals surface area contributed by atoms with Gasteiger partial charge in [-0.3, -0.25) is 4.68 Å². The number of aromatic nitrogens is 2. The summed E-state index contributed by atoms with van der Waals surface area (Å²) >= 11 is 5.10. The first-order valence-corrected chi connectivity index (χ1v) is 10.7. The van der Waals surface area contributed by atoms with Gasteiger partial charge in [0.25, 0.3) is 0 Å². The SMILES string of the molecule is CC1CSc2ccc(Br)cc2C1NS(=O)(=O)c1cnn(C)c1C(=O)O. The van der Waals surface area contributed by atoms with E-state index in [0.29, 0.717) is 0 Å². The van der Waals surface area contributed by atoms with Crippen LogP contribution in [0.25, 0.3) is 0 Å². The molecule has 1 aliphatic rings. The van der Waals surface area contributed by atoms with Gasteiger partial charge < -0.3 is 5.11 Å². The van der Waals surface area contributed by atoms with Crippen molar-refractivity contribution in [3.63, 3.8) is 0 Å². The molecule has 10 heteroatoms. The lowest BCUT2D eigenvalue weighted by molar-refractivity contribution is 0.0680. The average Bonchev–Trinajstić information content (AvgIpc) is 2.93. The van der Waals surface area contributed by atoms with Gasteiger partial charge >= 0.3 is 5.97 Å². The standard InChI is InChI=1S/C15H16BrN3O4S2/c1-8-7-24-11-4-3-9(16)5-10(11)13(8)18-25(22,23)12-6-17-19(2)14(12)15(20)21/h3-6,8,13,18H,7H2,1-2H3,(H,20,21). The topological polar surface area (TPSA) is 101 Å². The number of nitrogens with one attached hydrogen (secondary N) is 1. The predicted octanol–water partition coefficient (Wildman–Crippen LogP) is 2.64. The Balaban J connectivity index is 2.02. The third-order valence-electron chi connectivity index (χ3n) is 4.06. The summed E-state index contributed by atoms with van der Waals surface area (Å²) < 4.78 is 30.2. The lowest BCUT2D eigenvalue weighted by Crippen LogP contribution is -2.36. The number of aryl methyl sites for hydroxylation is 1. The van der Waals surface area contributed by atoms with E-state index in [1.807, 2.05) is 25.1 Å². The van der Waals surface area contributed by atoms with Gasteiger partial charge in [-0.15, -0.1) is 11.8 Å². The second-order valence-corrected chi connectivity index (χ2v) is 9.52. The zero-order valence-corrected chi connectivity index (χ0v) is 16.7. The number of halogens is 1. The summed E-state index contributed by atoms with van der Waals surface area (Å²) in [5.41, 5.74) is 0.516. The number of carboxylic acids is 1. The number of thioether (sulfide) groups is 1. The van der Waals surface area contributed by atoms with Crippen LogP contribution in [0.2, 0.25) is 0 Å². The third kappa shape index (κ3) is 3.48. The van der Waals surface area contributed by atoms with E-state index in [4.69, 9.17) is 0 Å². The van der Waals surface area contributed by atoms with E-state index < -0.39 is 22.0 Å². The van der Waals surface area contributed by atoms with Crippen molar-refractivity contribution in [3.8, 4) is 0 Å². The number of fused-ring (bicyclic) bond motifs is 1. The Hall–Kier alpha value is -1.36. The van der Waals surface area contributed by atoms with Gasteiger partial charge in [0.15, 0.2) is 5.69 Å². The van der Waals surface area contributed by atoms with Gasteiger partial charge in [0.2, 0.25) is 10.0 Å². The first kappa shape index (κ1) is 18.4. The van der Waals surface area contributed by atoms with Crippen molar-refractivity contribution >= 4 is 43.7 Å². The monoisotopic (exact) mass is 445 g/mol. The number of nitrogens with zero attached hydrogens (tertiary/aromatic N) is 2. The number of carbonyl (C=O) groups is 1. The Morgan fingerprint density at radius 1 is 1.48 bits per heavy atom. The largest absolute Gasteiger partial charge is 0.476 e. The maximum atomic E-state index is 12.8. The molecule has 0 saturated heterocycles. The number of aromatic carboxylic acids is 1. The molecule has 2 unspecified atom stereocenters. The molecule has 1 aromatic carbocycles. The highest BCUT2D eigenvalue weighted by atomic mass is 79.9. The van der Waals surface area contributed by atoms with Crippen molar-refractivity contribution < 1.29 is 18.3 Å². The van der Waals surface area contributed by atoms with Crippen molar-refractivity contribution in [2.45, 2.75) is 22.8 Å². The van der Waals surface area contributed by atoms with Crippen molar-refractivity contribution in [1.82, 2.24) is 14.5 Å². The summed E-state index contributed by atoms with van der Waals surface area (Å²) in [6.45, 7) is 1.96. The summed E-state index contributed by atoms with van der Waals surface area (Å²) in [6.07, 6.45) is 1.07. The van der Waals surface area contributed by atoms with Crippen molar-refractivity contribution in [3.05, 3.63) is 40.1 Å². The summed E-state index contributed by atoms with van der Waals surface area (Å²) in [4.78, 5) is 12.1. The highest BCUT2D eigenvalue weighted by molar-refractivity contribution is 9.10. The average molecular weight is 446 g/mol. The van der Waals surface area contributed by atoms with Crippen LogP contribution in [0.3, 0.4) is 0 Å². The molecule has 3 rings (SSSR count). The molecule has 2 heterocycles. The highest BCUT2D eigenvalue weighted by Crippen LogP contribution is 2.41. The van der Waals surface area contributed by atoms with Gasteiger partial charge in [-0.2, -0.15) is 5.10 Å². The Labute approximate surface area is 158 Å². The van der Waals surface area contributed by atoms with Crippen LogP contribution in [0.1, 0.15) is 29.0 Å².